The van der Waals surface area contributed by atoms with E-state index < -0.39 is 0 Å². The summed E-state index contributed by atoms with van der Waals surface area (Å²) in [6.45, 7) is 4.05. The second kappa shape index (κ2) is 6.48. The van der Waals surface area contributed by atoms with Crippen LogP contribution >= 0.6 is 0 Å². The first-order valence-corrected chi connectivity index (χ1v) is 6.30. The number of aromatic nitrogens is 1. The number of rotatable bonds is 4. The molecule has 0 saturated carbocycles. The van der Waals surface area contributed by atoms with E-state index in [-0.39, 0.29) is 0 Å². The Morgan fingerprint density at radius 2 is 2.15 bits per heavy atom. The smallest absolute Gasteiger partial charge is 0.0346 e. The molecule has 0 radical (unpaired) electrons. The molecule has 0 aliphatic rings. The number of hydrogen-bond donors (Lipinski definition) is 1. The number of aliphatic imine (C=N–C) groups is 1. The van der Waals surface area contributed by atoms with E-state index >= 15 is 0 Å². The lowest BCUT2D eigenvalue weighted by molar-refractivity contribution is 1.33. The molecule has 1 aromatic heterocycles. The maximum atomic E-state index is 5.98. The molecule has 0 amide bonds. The molecule has 3 nitrogen and oxygen atoms in total. The highest BCUT2D eigenvalue weighted by Gasteiger charge is 2.03. The van der Waals surface area contributed by atoms with Gasteiger partial charge in [0.05, 0.1) is 0 Å². The van der Waals surface area contributed by atoms with Gasteiger partial charge in [-0.15, -0.1) is 0 Å². The van der Waals surface area contributed by atoms with Gasteiger partial charge in [0.15, 0.2) is 0 Å². The lowest BCUT2D eigenvalue weighted by Crippen LogP contribution is -1.90. The molecule has 0 unspecified atom stereocenters. The molecule has 0 atom stereocenters. The van der Waals surface area contributed by atoms with Gasteiger partial charge in [0.25, 0.3) is 0 Å². The zero-order chi connectivity index (χ0) is 14.4. The van der Waals surface area contributed by atoms with E-state index in [0.29, 0.717) is 5.69 Å². The monoisotopic (exact) mass is 263 g/mol. The third kappa shape index (κ3) is 3.42. The zero-order valence-corrected chi connectivity index (χ0v) is 11.5. The fraction of sp³-hybridized carbons (Fsp3) is 0.0588. The molecule has 20 heavy (non-hydrogen) atoms. The molecule has 0 bridgehead atoms. The van der Waals surface area contributed by atoms with Crippen molar-refractivity contribution in [2.45, 2.75) is 0 Å². The molecular weight excluding hydrogens is 246 g/mol. The van der Waals surface area contributed by atoms with Gasteiger partial charge in [-0.25, -0.2) is 0 Å². The van der Waals surface area contributed by atoms with Crippen LogP contribution in [0.5, 0.6) is 0 Å². The number of benzene rings is 1. The Hall–Kier alpha value is -2.68. The van der Waals surface area contributed by atoms with E-state index in [9.17, 15) is 0 Å². The summed E-state index contributed by atoms with van der Waals surface area (Å²) in [4.78, 5) is 8.03. The number of anilines is 1. The molecule has 2 aromatic rings. The molecule has 2 N–H and O–H groups in total. The summed E-state index contributed by atoms with van der Waals surface area (Å²) in [5.74, 6) is 0. The van der Waals surface area contributed by atoms with Crippen molar-refractivity contribution in [3.8, 4) is 11.1 Å². The minimum atomic E-state index is 0.708. The molecular formula is C17H17N3. The van der Waals surface area contributed by atoms with Crippen LogP contribution in [0.15, 0.2) is 66.4 Å². The Balaban J connectivity index is 2.37. The zero-order valence-electron chi connectivity index (χ0n) is 11.5. The van der Waals surface area contributed by atoms with E-state index in [1.807, 2.05) is 42.6 Å². The maximum absolute atomic E-state index is 5.98. The van der Waals surface area contributed by atoms with Gasteiger partial charge in [-0.3, -0.25) is 9.98 Å². The average molecular weight is 263 g/mol. The standard InChI is InChI=1S/C17H17N3/c1-13(5-3-7-19-2)15-9-16(11-17(18)10-15)14-6-4-8-20-12-14/h3-12H,1,18H2,2H3/b5-3-,19-7-. The first-order valence-electron chi connectivity index (χ1n) is 6.30. The van der Waals surface area contributed by atoms with Crippen LogP contribution in [-0.4, -0.2) is 18.2 Å². The molecule has 0 aliphatic heterocycles. The summed E-state index contributed by atoms with van der Waals surface area (Å²) in [7, 11) is 1.73. The van der Waals surface area contributed by atoms with Crippen molar-refractivity contribution in [2.24, 2.45) is 4.99 Å². The lowest BCUT2D eigenvalue weighted by Gasteiger charge is -2.07. The predicted molar refractivity (Wildman–Crippen MR) is 86.7 cm³/mol. The summed E-state index contributed by atoms with van der Waals surface area (Å²) in [6.07, 6.45) is 9.06. The highest BCUT2D eigenvalue weighted by atomic mass is 14.6. The second-order valence-electron chi connectivity index (χ2n) is 4.38. The third-order valence-electron chi connectivity index (χ3n) is 2.85. The van der Waals surface area contributed by atoms with E-state index in [0.717, 1.165) is 22.3 Å². The van der Waals surface area contributed by atoms with Gasteiger partial charge in [-0.1, -0.05) is 18.7 Å². The van der Waals surface area contributed by atoms with Crippen molar-refractivity contribution in [2.75, 3.05) is 12.8 Å². The first kappa shape index (κ1) is 13.7. The quantitative estimate of drug-likeness (QED) is 0.520. The highest BCUT2D eigenvalue weighted by Crippen LogP contribution is 2.26. The summed E-state index contributed by atoms with van der Waals surface area (Å²) in [5.41, 5.74) is 10.6. The molecule has 0 spiro atoms. The molecule has 3 heteroatoms. The molecule has 0 saturated heterocycles. The van der Waals surface area contributed by atoms with Crippen molar-refractivity contribution >= 4 is 17.5 Å². The largest absolute Gasteiger partial charge is 0.399 e. The average Bonchev–Trinajstić information content (AvgIpc) is 2.47. The summed E-state index contributed by atoms with van der Waals surface area (Å²) < 4.78 is 0. The molecule has 0 aliphatic carbocycles. The van der Waals surface area contributed by atoms with E-state index in [4.69, 9.17) is 5.73 Å². The van der Waals surface area contributed by atoms with Gasteiger partial charge in [-0.2, -0.15) is 0 Å². The number of nitrogen functional groups attached to an aromatic ring is 1. The molecule has 2 rings (SSSR count). The van der Waals surface area contributed by atoms with E-state index in [2.05, 4.69) is 22.6 Å². The lowest BCUT2D eigenvalue weighted by atomic mass is 9.99. The van der Waals surface area contributed by atoms with Crippen LogP contribution in [0.1, 0.15) is 5.56 Å². The van der Waals surface area contributed by atoms with Crippen LogP contribution in [0, 0.1) is 0 Å². The second-order valence-corrected chi connectivity index (χ2v) is 4.38. The van der Waals surface area contributed by atoms with Gasteiger partial charge >= 0.3 is 0 Å². The molecule has 100 valence electrons. The minimum absolute atomic E-state index is 0.708. The maximum Gasteiger partial charge on any atom is 0.0346 e. The number of nitrogens with two attached hydrogens (primary N) is 1. The summed E-state index contributed by atoms with van der Waals surface area (Å²) >= 11 is 0. The number of nitrogens with zero attached hydrogens (tertiary/aromatic N) is 2. The Kier molecular flexibility index (Phi) is 4.45. The fourth-order valence-electron chi connectivity index (χ4n) is 1.88. The van der Waals surface area contributed by atoms with E-state index in [1.54, 1.807) is 19.5 Å². The van der Waals surface area contributed by atoms with Gasteiger partial charge in [0.2, 0.25) is 0 Å². The third-order valence-corrected chi connectivity index (χ3v) is 2.85. The molecule has 1 heterocycles. The van der Waals surface area contributed by atoms with Gasteiger partial charge < -0.3 is 5.73 Å². The van der Waals surface area contributed by atoms with Crippen LogP contribution in [0.4, 0.5) is 5.69 Å². The fourth-order valence-corrected chi connectivity index (χ4v) is 1.88. The topological polar surface area (TPSA) is 51.3 Å². The van der Waals surface area contributed by atoms with Crippen LogP contribution in [0.3, 0.4) is 0 Å². The Labute approximate surface area is 119 Å². The SMILES string of the molecule is C=C(/C=C\C=N/C)c1cc(N)cc(-c2cccnc2)c1. The number of pyridine rings is 1. The van der Waals surface area contributed by atoms with Crippen molar-refractivity contribution in [3.05, 3.63) is 67.0 Å². The molecule has 1 aromatic carbocycles. The Bertz CT molecular complexity index is 655. The van der Waals surface area contributed by atoms with Crippen molar-refractivity contribution in [1.82, 2.24) is 4.98 Å². The minimum Gasteiger partial charge on any atom is -0.399 e. The highest BCUT2D eigenvalue weighted by molar-refractivity contribution is 5.83. The van der Waals surface area contributed by atoms with Crippen LogP contribution in [0.25, 0.3) is 16.7 Å². The van der Waals surface area contributed by atoms with Crippen molar-refractivity contribution < 1.29 is 0 Å². The van der Waals surface area contributed by atoms with Gasteiger partial charge in [0.1, 0.15) is 0 Å². The van der Waals surface area contributed by atoms with Crippen LogP contribution in [-0.2, 0) is 0 Å². The Morgan fingerprint density at radius 1 is 1.30 bits per heavy atom. The van der Waals surface area contributed by atoms with Crippen molar-refractivity contribution in [1.29, 1.82) is 0 Å². The predicted octanol–water partition coefficient (Wildman–Crippen LogP) is 3.60. The van der Waals surface area contributed by atoms with E-state index in [1.165, 1.54) is 0 Å². The number of allylic oxidation sites excluding steroid dienone is 3. The van der Waals surface area contributed by atoms with Crippen molar-refractivity contribution in [3.63, 3.8) is 0 Å². The van der Waals surface area contributed by atoms with Gasteiger partial charge in [0, 0.05) is 36.9 Å². The number of hydrogen-bond acceptors (Lipinski definition) is 3. The Morgan fingerprint density at radius 3 is 2.85 bits per heavy atom. The van der Waals surface area contributed by atoms with Gasteiger partial charge in [-0.05, 0) is 47.0 Å². The first-order chi connectivity index (χ1) is 9.70. The molecule has 0 fully saturated rings. The van der Waals surface area contributed by atoms with Crippen LogP contribution in [0.2, 0.25) is 0 Å². The summed E-state index contributed by atoms with van der Waals surface area (Å²) in [5, 5.41) is 0. The van der Waals surface area contributed by atoms with Crippen LogP contribution < -0.4 is 5.73 Å². The summed E-state index contributed by atoms with van der Waals surface area (Å²) in [6, 6.07) is 9.82. The normalized spacial score (nSPS) is 11.2.